The van der Waals surface area contributed by atoms with Crippen molar-refractivity contribution in [1.82, 2.24) is 0 Å². The van der Waals surface area contributed by atoms with Gasteiger partial charge in [-0.25, -0.2) is 8.78 Å². The Labute approximate surface area is 105 Å². The summed E-state index contributed by atoms with van der Waals surface area (Å²) in [5, 5.41) is 20.3. The number of hydrogen-bond donors (Lipinski definition) is 2. The third-order valence-electron chi connectivity index (χ3n) is 4.55. The zero-order valence-corrected chi connectivity index (χ0v) is 10.7. The van der Waals surface area contributed by atoms with E-state index in [4.69, 9.17) is 0 Å². The molecule has 2 nitrogen and oxygen atoms in total. The van der Waals surface area contributed by atoms with Crippen LogP contribution in [0.1, 0.15) is 38.5 Å². The largest absolute Gasteiger partial charge is 0.396 e. The third kappa shape index (κ3) is 2.47. The standard InChI is InChI=1S/C12H20F2O2S/c13-12(14)3-1-10(9-15,2-4-12)11(16)5-7-17-8-6-11/h15-16H,1-9H2. The van der Waals surface area contributed by atoms with Gasteiger partial charge in [0.25, 0.3) is 0 Å². The van der Waals surface area contributed by atoms with Gasteiger partial charge < -0.3 is 10.2 Å². The molecule has 2 fully saturated rings. The van der Waals surface area contributed by atoms with Gasteiger partial charge in [-0.05, 0) is 37.2 Å². The fourth-order valence-corrected chi connectivity index (χ4v) is 4.27. The molecule has 1 heterocycles. The van der Waals surface area contributed by atoms with Crippen LogP contribution in [-0.4, -0.2) is 39.8 Å². The molecular formula is C12H20F2O2S. The maximum atomic E-state index is 13.2. The molecule has 5 heteroatoms. The number of rotatable bonds is 2. The molecule has 0 atom stereocenters. The molecule has 0 bridgehead atoms. The number of thioether (sulfide) groups is 1. The first-order chi connectivity index (χ1) is 7.93. The molecule has 2 N–H and O–H groups in total. The number of aliphatic hydroxyl groups is 2. The Morgan fingerprint density at radius 2 is 1.47 bits per heavy atom. The van der Waals surface area contributed by atoms with E-state index in [-0.39, 0.29) is 32.3 Å². The topological polar surface area (TPSA) is 40.5 Å². The van der Waals surface area contributed by atoms with Crippen molar-refractivity contribution in [2.75, 3.05) is 18.1 Å². The van der Waals surface area contributed by atoms with Crippen molar-refractivity contribution in [2.45, 2.75) is 50.0 Å². The Kier molecular flexibility index (Phi) is 3.72. The summed E-state index contributed by atoms with van der Waals surface area (Å²) >= 11 is 1.78. The fourth-order valence-electron chi connectivity index (χ4n) is 3.10. The summed E-state index contributed by atoms with van der Waals surface area (Å²) in [4.78, 5) is 0. The van der Waals surface area contributed by atoms with Crippen molar-refractivity contribution >= 4 is 11.8 Å². The van der Waals surface area contributed by atoms with Crippen molar-refractivity contribution < 1.29 is 19.0 Å². The molecule has 1 aliphatic heterocycles. The van der Waals surface area contributed by atoms with Crippen LogP contribution in [0, 0.1) is 5.41 Å². The summed E-state index contributed by atoms with van der Waals surface area (Å²) in [6.07, 6.45) is 1.29. The van der Waals surface area contributed by atoms with Crippen LogP contribution in [0.15, 0.2) is 0 Å². The van der Waals surface area contributed by atoms with Crippen LogP contribution >= 0.6 is 11.8 Å². The lowest BCUT2D eigenvalue weighted by Crippen LogP contribution is -2.55. The predicted octanol–water partition coefficient (Wildman–Crippen LogP) is 2.43. The van der Waals surface area contributed by atoms with Crippen molar-refractivity contribution in [3.05, 3.63) is 0 Å². The van der Waals surface area contributed by atoms with E-state index in [1.54, 1.807) is 11.8 Å². The SMILES string of the molecule is OCC1(C2(O)CCSCC2)CCC(F)(F)CC1. The van der Waals surface area contributed by atoms with Gasteiger partial charge in [-0.2, -0.15) is 11.8 Å². The average Bonchev–Trinajstić information content (AvgIpc) is 2.30. The highest BCUT2D eigenvalue weighted by atomic mass is 32.2. The highest BCUT2D eigenvalue weighted by molar-refractivity contribution is 7.99. The molecule has 0 amide bonds. The van der Waals surface area contributed by atoms with Gasteiger partial charge in [-0.1, -0.05) is 0 Å². The first-order valence-electron chi connectivity index (χ1n) is 6.22. The Morgan fingerprint density at radius 3 is 1.94 bits per heavy atom. The Morgan fingerprint density at radius 1 is 0.941 bits per heavy atom. The van der Waals surface area contributed by atoms with E-state index < -0.39 is 16.9 Å². The second-order valence-electron chi connectivity index (χ2n) is 5.44. The molecule has 0 aromatic carbocycles. The van der Waals surface area contributed by atoms with Crippen LogP contribution in [0.4, 0.5) is 8.78 Å². The summed E-state index contributed by atoms with van der Waals surface area (Å²) in [5.41, 5.74) is -1.64. The Balaban J connectivity index is 2.14. The first kappa shape index (κ1) is 13.6. The average molecular weight is 266 g/mol. The number of hydrogen-bond acceptors (Lipinski definition) is 3. The van der Waals surface area contributed by atoms with E-state index in [0.29, 0.717) is 12.8 Å². The van der Waals surface area contributed by atoms with E-state index in [1.165, 1.54) is 0 Å². The Bertz CT molecular complexity index is 268. The van der Waals surface area contributed by atoms with Crippen molar-refractivity contribution in [3.8, 4) is 0 Å². The van der Waals surface area contributed by atoms with E-state index >= 15 is 0 Å². The van der Waals surface area contributed by atoms with Gasteiger partial charge in [0.2, 0.25) is 5.92 Å². The lowest BCUT2D eigenvalue weighted by Gasteiger charge is -2.51. The van der Waals surface area contributed by atoms with Crippen LogP contribution in [0.5, 0.6) is 0 Å². The number of halogens is 2. The van der Waals surface area contributed by atoms with Crippen molar-refractivity contribution in [1.29, 1.82) is 0 Å². The van der Waals surface area contributed by atoms with Crippen molar-refractivity contribution in [3.63, 3.8) is 0 Å². The summed E-state index contributed by atoms with van der Waals surface area (Å²) in [7, 11) is 0. The summed E-state index contributed by atoms with van der Waals surface area (Å²) in [6, 6.07) is 0. The normalized spacial score (nSPS) is 31.1. The molecule has 1 saturated carbocycles. The van der Waals surface area contributed by atoms with Gasteiger partial charge in [0.05, 0.1) is 12.2 Å². The van der Waals surface area contributed by atoms with E-state index in [2.05, 4.69) is 0 Å². The highest BCUT2D eigenvalue weighted by Crippen LogP contribution is 2.53. The Hall–Kier alpha value is 0.130. The van der Waals surface area contributed by atoms with Gasteiger partial charge in [0.1, 0.15) is 0 Å². The fraction of sp³-hybridized carbons (Fsp3) is 1.00. The van der Waals surface area contributed by atoms with Crippen LogP contribution in [0.3, 0.4) is 0 Å². The minimum absolute atomic E-state index is 0.176. The third-order valence-corrected chi connectivity index (χ3v) is 5.53. The summed E-state index contributed by atoms with van der Waals surface area (Å²) in [6.45, 7) is -0.176. The zero-order chi connectivity index (χ0) is 12.6. The quantitative estimate of drug-likeness (QED) is 0.806. The molecule has 0 unspecified atom stereocenters. The van der Waals surface area contributed by atoms with E-state index in [0.717, 1.165) is 11.5 Å². The molecule has 0 radical (unpaired) electrons. The molecule has 0 aromatic heterocycles. The molecule has 2 rings (SSSR count). The van der Waals surface area contributed by atoms with Gasteiger partial charge >= 0.3 is 0 Å². The minimum atomic E-state index is -2.61. The molecule has 0 aromatic rings. The smallest absolute Gasteiger partial charge is 0.248 e. The predicted molar refractivity (Wildman–Crippen MR) is 64.4 cm³/mol. The number of alkyl halides is 2. The van der Waals surface area contributed by atoms with Crippen LogP contribution in [0.25, 0.3) is 0 Å². The van der Waals surface area contributed by atoms with Gasteiger partial charge in [-0.3, -0.25) is 0 Å². The monoisotopic (exact) mass is 266 g/mol. The van der Waals surface area contributed by atoms with Crippen LogP contribution in [0.2, 0.25) is 0 Å². The van der Waals surface area contributed by atoms with E-state index in [1.807, 2.05) is 0 Å². The maximum Gasteiger partial charge on any atom is 0.248 e. The zero-order valence-electron chi connectivity index (χ0n) is 9.92. The first-order valence-corrected chi connectivity index (χ1v) is 7.37. The second kappa shape index (κ2) is 4.67. The molecule has 17 heavy (non-hydrogen) atoms. The highest BCUT2D eigenvalue weighted by Gasteiger charge is 2.54. The van der Waals surface area contributed by atoms with Crippen LogP contribution in [-0.2, 0) is 0 Å². The molecule has 100 valence electrons. The van der Waals surface area contributed by atoms with Crippen molar-refractivity contribution in [2.24, 2.45) is 5.41 Å². The molecular weight excluding hydrogens is 246 g/mol. The molecule has 1 saturated heterocycles. The lowest BCUT2D eigenvalue weighted by molar-refractivity contribution is -0.167. The van der Waals surface area contributed by atoms with Gasteiger partial charge in [0, 0.05) is 18.3 Å². The van der Waals surface area contributed by atoms with Gasteiger partial charge in [0.15, 0.2) is 0 Å². The summed E-state index contributed by atoms with van der Waals surface area (Å²) in [5.74, 6) is -0.901. The number of aliphatic hydroxyl groups excluding tert-OH is 1. The van der Waals surface area contributed by atoms with Gasteiger partial charge in [-0.15, -0.1) is 0 Å². The maximum absolute atomic E-state index is 13.2. The molecule has 0 spiro atoms. The lowest BCUT2D eigenvalue weighted by atomic mass is 9.61. The van der Waals surface area contributed by atoms with E-state index in [9.17, 15) is 19.0 Å². The minimum Gasteiger partial charge on any atom is -0.396 e. The molecule has 1 aliphatic carbocycles. The summed E-state index contributed by atoms with van der Waals surface area (Å²) < 4.78 is 26.4. The molecule has 2 aliphatic rings. The second-order valence-corrected chi connectivity index (χ2v) is 6.66. The van der Waals surface area contributed by atoms with Crippen LogP contribution < -0.4 is 0 Å².